The van der Waals surface area contributed by atoms with Gasteiger partial charge in [-0.3, -0.25) is 4.79 Å². The molecule has 0 radical (unpaired) electrons. The van der Waals surface area contributed by atoms with Crippen LogP contribution in [0.25, 0.3) is 0 Å². The Hall–Kier alpha value is -1.98. The molecular formula is C22H28O4S. The van der Waals surface area contributed by atoms with Crippen molar-refractivity contribution in [3.05, 3.63) is 70.8 Å². The highest BCUT2D eigenvalue weighted by atomic mass is 32.2. The molecule has 0 saturated carbocycles. The van der Waals surface area contributed by atoms with Crippen LogP contribution in [-0.4, -0.2) is 24.1 Å². The summed E-state index contributed by atoms with van der Waals surface area (Å²) in [7, 11) is -3.25. The van der Waals surface area contributed by atoms with Gasteiger partial charge in [-0.1, -0.05) is 48.5 Å². The van der Waals surface area contributed by atoms with Crippen LogP contribution in [0.3, 0.4) is 0 Å². The quantitative estimate of drug-likeness (QED) is 0.758. The molecule has 0 amide bonds. The number of benzene rings is 2. The second-order valence-corrected chi connectivity index (χ2v) is 11.2. The largest absolute Gasteiger partial charge is 0.386 e. The van der Waals surface area contributed by atoms with E-state index in [0.29, 0.717) is 11.1 Å². The summed E-state index contributed by atoms with van der Waals surface area (Å²) in [4.78, 5) is 12.5. The summed E-state index contributed by atoms with van der Waals surface area (Å²) in [6.45, 7) is 8.49. The number of carbonyl (C=O) groups is 1. The fourth-order valence-corrected chi connectivity index (χ4v) is 3.61. The van der Waals surface area contributed by atoms with Gasteiger partial charge in [-0.2, -0.15) is 0 Å². The maximum atomic E-state index is 12.5. The summed E-state index contributed by atoms with van der Waals surface area (Å²) in [6, 6.07) is 14.1. The number of rotatable bonds is 6. The molecule has 0 aromatic heterocycles. The van der Waals surface area contributed by atoms with Gasteiger partial charge in [-0.15, -0.1) is 0 Å². The Kier molecular flexibility index (Phi) is 5.97. The molecule has 0 aliphatic rings. The van der Waals surface area contributed by atoms with E-state index in [1.807, 2.05) is 24.3 Å². The van der Waals surface area contributed by atoms with Crippen LogP contribution in [0.5, 0.6) is 0 Å². The Labute approximate surface area is 162 Å². The van der Waals surface area contributed by atoms with Crippen molar-refractivity contribution in [1.29, 1.82) is 0 Å². The first-order chi connectivity index (χ1) is 12.3. The highest BCUT2D eigenvalue weighted by Crippen LogP contribution is 2.22. The molecule has 1 N–H and O–H groups in total. The Morgan fingerprint density at radius 1 is 0.852 bits per heavy atom. The number of ketones is 1. The molecule has 5 heteroatoms. The Balaban J connectivity index is 2.08. The smallest absolute Gasteiger partial charge is 0.167 e. The predicted molar refractivity (Wildman–Crippen MR) is 109 cm³/mol. The van der Waals surface area contributed by atoms with Crippen molar-refractivity contribution in [2.45, 2.75) is 57.1 Å². The highest BCUT2D eigenvalue weighted by molar-refractivity contribution is 7.91. The van der Waals surface area contributed by atoms with E-state index in [-0.39, 0.29) is 18.0 Å². The monoisotopic (exact) mass is 388 g/mol. The molecule has 27 heavy (non-hydrogen) atoms. The summed E-state index contributed by atoms with van der Waals surface area (Å²) >= 11 is 0. The van der Waals surface area contributed by atoms with Crippen molar-refractivity contribution in [3.8, 4) is 0 Å². The fourth-order valence-electron chi connectivity index (χ4n) is 2.54. The summed E-state index contributed by atoms with van der Waals surface area (Å²) in [6.07, 6.45) is 0.256. The molecule has 0 bridgehead atoms. The fraction of sp³-hybridized carbons (Fsp3) is 0.409. The van der Waals surface area contributed by atoms with Crippen molar-refractivity contribution >= 4 is 15.6 Å². The molecule has 0 aliphatic heterocycles. The lowest BCUT2D eigenvalue weighted by atomic mass is 9.95. The number of carbonyl (C=O) groups excluding carboxylic acids is 1. The van der Waals surface area contributed by atoms with Crippen molar-refractivity contribution < 1.29 is 18.3 Å². The second kappa shape index (κ2) is 7.56. The van der Waals surface area contributed by atoms with Gasteiger partial charge in [0.2, 0.25) is 0 Å². The van der Waals surface area contributed by atoms with Gasteiger partial charge in [-0.05, 0) is 51.3 Å². The van der Waals surface area contributed by atoms with Crippen molar-refractivity contribution in [2.24, 2.45) is 0 Å². The standard InChI is InChI=1S/C22H28O4S/c1-21(2,3)27(25,26)15-17-6-10-18(11-7-17)20(23)14-16-8-12-19(13-9-16)22(4,5)24/h6-13,24H,14-15H2,1-5H3. The third kappa shape index (κ3) is 5.50. The minimum atomic E-state index is -3.25. The SMILES string of the molecule is CC(C)(O)c1ccc(CC(=O)c2ccc(CS(=O)(=O)C(C)(C)C)cc2)cc1. The van der Waals surface area contributed by atoms with Gasteiger partial charge in [0.05, 0.1) is 16.1 Å². The van der Waals surface area contributed by atoms with Crippen LogP contribution in [0, 0.1) is 0 Å². The minimum Gasteiger partial charge on any atom is -0.386 e. The van der Waals surface area contributed by atoms with E-state index in [1.165, 1.54) is 0 Å². The average Bonchev–Trinajstić information content (AvgIpc) is 2.53. The molecule has 0 aliphatic carbocycles. The Bertz CT molecular complexity index is 895. The summed E-state index contributed by atoms with van der Waals surface area (Å²) in [5.74, 6) is -0.0696. The first-order valence-corrected chi connectivity index (χ1v) is 10.6. The maximum Gasteiger partial charge on any atom is 0.167 e. The van der Waals surface area contributed by atoms with E-state index in [0.717, 1.165) is 11.1 Å². The van der Waals surface area contributed by atoms with Gasteiger partial charge in [0, 0.05) is 12.0 Å². The number of aliphatic hydroxyl groups is 1. The van der Waals surface area contributed by atoms with Gasteiger partial charge < -0.3 is 5.11 Å². The highest BCUT2D eigenvalue weighted by Gasteiger charge is 2.28. The van der Waals surface area contributed by atoms with Crippen molar-refractivity contribution in [1.82, 2.24) is 0 Å². The molecule has 0 atom stereocenters. The van der Waals surface area contributed by atoms with Gasteiger partial charge in [-0.25, -0.2) is 8.42 Å². The van der Waals surface area contributed by atoms with E-state index < -0.39 is 20.2 Å². The van der Waals surface area contributed by atoms with Gasteiger partial charge in [0.1, 0.15) is 0 Å². The lowest BCUT2D eigenvalue weighted by Crippen LogP contribution is -2.29. The lowest BCUT2D eigenvalue weighted by Gasteiger charge is -2.19. The van der Waals surface area contributed by atoms with E-state index in [2.05, 4.69) is 0 Å². The van der Waals surface area contributed by atoms with E-state index in [4.69, 9.17) is 0 Å². The molecule has 2 aromatic rings. The van der Waals surface area contributed by atoms with Crippen molar-refractivity contribution in [2.75, 3.05) is 0 Å². The normalized spacial score (nSPS) is 12.8. The van der Waals surface area contributed by atoms with E-state index in [1.54, 1.807) is 58.9 Å². The topological polar surface area (TPSA) is 71.4 Å². The third-order valence-corrected chi connectivity index (χ3v) is 7.17. The van der Waals surface area contributed by atoms with Crippen LogP contribution in [-0.2, 0) is 27.6 Å². The number of Topliss-reactive ketones (excluding diaryl/α,β-unsaturated/α-hetero) is 1. The van der Waals surface area contributed by atoms with E-state index >= 15 is 0 Å². The van der Waals surface area contributed by atoms with Gasteiger partial charge >= 0.3 is 0 Å². The molecule has 2 aromatic carbocycles. The van der Waals surface area contributed by atoms with E-state index in [9.17, 15) is 18.3 Å². The first-order valence-electron chi connectivity index (χ1n) is 8.96. The van der Waals surface area contributed by atoms with Crippen LogP contribution in [0.2, 0.25) is 0 Å². The minimum absolute atomic E-state index is 0.0313. The molecule has 0 fully saturated rings. The van der Waals surface area contributed by atoms with Gasteiger partial charge in [0.15, 0.2) is 15.6 Å². The predicted octanol–water partition coefficient (Wildman–Crippen LogP) is 4.05. The summed E-state index contributed by atoms with van der Waals surface area (Å²) in [5.41, 5.74) is 1.98. The Morgan fingerprint density at radius 2 is 1.33 bits per heavy atom. The zero-order valence-electron chi connectivity index (χ0n) is 16.6. The number of hydrogen-bond acceptors (Lipinski definition) is 4. The molecule has 0 heterocycles. The Morgan fingerprint density at radius 3 is 1.78 bits per heavy atom. The van der Waals surface area contributed by atoms with Gasteiger partial charge in [0.25, 0.3) is 0 Å². The molecule has 2 rings (SSSR count). The van der Waals surface area contributed by atoms with Crippen LogP contribution < -0.4 is 0 Å². The van der Waals surface area contributed by atoms with Crippen LogP contribution in [0.15, 0.2) is 48.5 Å². The molecule has 0 saturated heterocycles. The number of hydrogen-bond donors (Lipinski definition) is 1. The first kappa shape index (κ1) is 21.3. The molecule has 4 nitrogen and oxygen atoms in total. The number of sulfone groups is 1. The zero-order valence-corrected chi connectivity index (χ0v) is 17.4. The average molecular weight is 389 g/mol. The third-order valence-electron chi connectivity index (χ3n) is 4.59. The summed E-state index contributed by atoms with van der Waals surface area (Å²) < 4.78 is 23.8. The maximum absolute atomic E-state index is 12.5. The molecule has 0 spiro atoms. The molecule has 0 unspecified atom stereocenters. The molecular weight excluding hydrogens is 360 g/mol. The second-order valence-electron chi connectivity index (χ2n) is 8.42. The van der Waals surface area contributed by atoms with Crippen LogP contribution in [0.4, 0.5) is 0 Å². The lowest BCUT2D eigenvalue weighted by molar-refractivity contribution is 0.0786. The summed E-state index contributed by atoms with van der Waals surface area (Å²) in [5, 5.41) is 9.99. The van der Waals surface area contributed by atoms with Crippen molar-refractivity contribution in [3.63, 3.8) is 0 Å². The van der Waals surface area contributed by atoms with Crippen LogP contribution in [0.1, 0.15) is 61.7 Å². The molecule has 146 valence electrons. The zero-order chi connectivity index (χ0) is 20.5. The van der Waals surface area contributed by atoms with Crippen LogP contribution >= 0.6 is 0 Å².